The van der Waals surface area contributed by atoms with Crippen molar-refractivity contribution in [2.24, 2.45) is 11.3 Å². The summed E-state index contributed by atoms with van der Waals surface area (Å²) in [5.74, 6) is 0.772. The molecule has 0 amide bonds. The molecule has 2 rings (SSSR count). The Hall–Kier alpha value is -0.860. The maximum absolute atomic E-state index is 3.55. The second kappa shape index (κ2) is 6.06. The van der Waals surface area contributed by atoms with Gasteiger partial charge in [-0.15, -0.1) is 0 Å². The van der Waals surface area contributed by atoms with E-state index in [1.54, 1.807) is 0 Å². The molecule has 2 nitrogen and oxygen atoms in total. The van der Waals surface area contributed by atoms with E-state index < -0.39 is 0 Å². The molecule has 1 aliphatic rings. The van der Waals surface area contributed by atoms with Crippen LogP contribution in [0.25, 0.3) is 0 Å². The molecule has 1 aromatic carbocycles. The summed E-state index contributed by atoms with van der Waals surface area (Å²) in [6, 6.07) is 11.4. The molecule has 1 aromatic rings. The van der Waals surface area contributed by atoms with Crippen molar-refractivity contribution < 1.29 is 0 Å². The quantitative estimate of drug-likeness (QED) is 0.875. The Labute approximate surface area is 118 Å². The highest BCUT2D eigenvalue weighted by Gasteiger charge is 2.40. The maximum Gasteiger partial charge on any atom is 0.0230 e. The minimum absolute atomic E-state index is 0.438. The Morgan fingerprint density at radius 1 is 1.26 bits per heavy atom. The molecule has 0 saturated heterocycles. The number of hydrogen-bond donors (Lipinski definition) is 1. The van der Waals surface area contributed by atoms with Crippen molar-refractivity contribution in [3.63, 3.8) is 0 Å². The van der Waals surface area contributed by atoms with E-state index in [0.29, 0.717) is 11.5 Å². The second-order valence-electron chi connectivity index (χ2n) is 6.74. The van der Waals surface area contributed by atoms with Gasteiger partial charge < -0.3 is 10.2 Å². The summed E-state index contributed by atoms with van der Waals surface area (Å²) in [5, 5.41) is 3.55. The van der Waals surface area contributed by atoms with Crippen molar-refractivity contribution in [2.75, 3.05) is 20.6 Å². The number of rotatable bonds is 5. The summed E-state index contributed by atoms with van der Waals surface area (Å²) in [5.41, 5.74) is 1.84. The molecule has 1 saturated carbocycles. The van der Waals surface area contributed by atoms with Crippen LogP contribution in [0.15, 0.2) is 30.3 Å². The first kappa shape index (κ1) is 14.5. The summed E-state index contributed by atoms with van der Waals surface area (Å²) in [7, 11) is 4.35. The summed E-state index contributed by atoms with van der Waals surface area (Å²) in [6.07, 6.45) is 2.68. The zero-order chi connectivity index (χ0) is 13.9. The van der Waals surface area contributed by atoms with E-state index in [2.05, 4.69) is 68.5 Å². The molecule has 106 valence electrons. The summed E-state index contributed by atoms with van der Waals surface area (Å²) < 4.78 is 0. The van der Waals surface area contributed by atoms with Crippen molar-refractivity contribution in [2.45, 2.75) is 39.3 Å². The molecule has 19 heavy (non-hydrogen) atoms. The smallest absolute Gasteiger partial charge is 0.0230 e. The second-order valence-corrected chi connectivity index (χ2v) is 6.74. The van der Waals surface area contributed by atoms with Crippen molar-refractivity contribution in [1.29, 1.82) is 0 Å². The monoisotopic (exact) mass is 260 g/mol. The normalized spacial score (nSPS) is 25.9. The lowest BCUT2D eigenvalue weighted by molar-refractivity contribution is 0.207. The molecule has 0 heterocycles. The molecule has 2 unspecified atom stereocenters. The number of nitrogens with zero attached hydrogens (tertiary/aromatic N) is 1. The van der Waals surface area contributed by atoms with Gasteiger partial charge in [0.25, 0.3) is 0 Å². The van der Waals surface area contributed by atoms with Crippen LogP contribution in [0.3, 0.4) is 0 Å². The highest BCUT2D eigenvalue weighted by molar-refractivity contribution is 5.14. The van der Waals surface area contributed by atoms with Crippen molar-refractivity contribution in [3.8, 4) is 0 Å². The molecule has 0 bridgehead atoms. The molecular weight excluding hydrogens is 232 g/mol. The van der Waals surface area contributed by atoms with E-state index in [1.165, 1.54) is 24.9 Å². The highest BCUT2D eigenvalue weighted by Crippen LogP contribution is 2.41. The van der Waals surface area contributed by atoms with E-state index in [-0.39, 0.29) is 0 Å². The minimum Gasteiger partial charge on any atom is -0.316 e. The van der Waals surface area contributed by atoms with Crippen LogP contribution < -0.4 is 5.32 Å². The van der Waals surface area contributed by atoms with E-state index in [4.69, 9.17) is 0 Å². The lowest BCUT2D eigenvalue weighted by Gasteiger charge is -2.32. The van der Waals surface area contributed by atoms with Crippen LogP contribution in [-0.4, -0.2) is 31.6 Å². The molecule has 2 atom stereocenters. The Morgan fingerprint density at radius 3 is 2.58 bits per heavy atom. The first-order valence-corrected chi connectivity index (χ1v) is 7.42. The molecule has 0 aromatic heterocycles. The lowest BCUT2D eigenvalue weighted by Crippen LogP contribution is -2.43. The van der Waals surface area contributed by atoms with Crippen LogP contribution >= 0.6 is 0 Å². The predicted molar refractivity (Wildman–Crippen MR) is 82.1 cm³/mol. The van der Waals surface area contributed by atoms with Gasteiger partial charge in [-0.05, 0) is 43.8 Å². The van der Waals surface area contributed by atoms with Crippen LogP contribution in [0, 0.1) is 11.3 Å². The lowest BCUT2D eigenvalue weighted by atomic mass is 9.85. The number of benzene rings is 1. The molecule has 1 N–H and O–H groups in total. The SMILES string of the molecule is CNC1C(CN(C)Cc2ccccc2)CCC1(C)C. The zero-order valence-electron chi connectivity index (χ0n) is 12.8. The Morgan fingerprint density at radius 2 is 1.95 bits per heavy atom. The van der Waals surface area contributed by atoms with Gasteiger partial charge in [-0.25, -0.2) is 0 Å². The van der Waals surface area contributed by atoms with Crippen molar-refractivity contribution in [1.82, 2.24) is 10.2 Å². The van der Waals surface area contributed by atoms with Crippen molar-refractivity contribution in [3.05, 3.63) is 35.9 Å². The minimum atomic E-state index is 0.438. The molecule has 0 spiro atoms. The van der Waals surface area contributed by atoms with Crippen LogP contribution in [0.4, 0.5) is 0 Å². The standard InChI is InChI=1S/C17H28N2/c1-17(2)11-10-15(16(17)18-3)13-19(4)12-14-8-6-5-7-9-14/h5-9,15-16,18H,10-13H2,1-4H3. The van der Waals surface area contributed by atoms with Crippen LogP contribution in [0.5, 0.6) is 0 Å². The maximum atomic E-state index is 3.55. The van der Waals surface area contributed by atoms with Gasteiger partial charge >= 0.3 is 0 Å². The Balaban J connectivity index is 1.91. The highest BCUT2D eigenvalue weighted by atomic mass is 15.1. The fourth-order valence-electron chi connectivity index (χ4n) is 3.70. The molecule has 1 aliphatic carbocycles. The van der Waals surface area contributed by atoms with Gasteiger partial charge in [-0.1, -0.05) is 44.2 Å². The van der Waals surface area contributed by atoms with E-state index in [0.717, 1.165) is 12.5 Å². The average Bonchev–Trinajstić information content (AvgIpc) is 2.65. The molecule has 2 heteroatoms. The largest absolute Gasteiger partial charge is 0.316 e. The van der Waals surface area contributed by atoms with Gasteiger partial charge in [0.2, 0.25) is 0 Å². The summed E-state index contributed by atoms with van der Waals surface area (Å²) in [4.78, 5) is 2.46. The first-order chi connectivity index (χ1) is 9.03. The predicted octanol–water partition coefficient (Wildman–Crippen LogP) is 3.14. The third-order valence-electron chi connectivity index (χ3n) is 4.63. The number of nitrogens with one attached hydrogen (secondary N) is 1. The van der Waals surface area contributed by atoms with Crippen LogP contribution in [-0.2, 0) is 6.54 Å². The van der Waals surface area contributed by atoms with E-state index in [1.807, 2.05) is 0 Å². The fourth-order valence-corrected chi connectivity index (χ4v) is 3.70. The van der Waals surface area contributed by atoms with Gasteiger partial charge in [-0.3, -0.25) is 0 Å². The summed E-state index contributed by atoms with van der Waals surface area (Å²) >= 11 is 0. The van der Waals surface area contributed by atoms with Gasteiger partial charge in [-0.2, -0.15) is 0 Å². The average molecular weight is 260 g/mol. The first-order valence-electron chi connectivity index (χ1n) is 7.42. The van der Waals surface area contributed by atoms with Crippen LogP contribution in [0.2, 0.25) is 0 Å². The van der Waals surface area contributed by atoms with Gasteiger partial charge in [0.1, 0.15) is 0 Å². The summed E-state index contributed by atoms with van der Waals surface area (Å²) in [6.45, 7) is 7.02. The van der Waals surface area contributed by atoms with Gasteiger partial charge in [0, 0.05) is 19.1 Å². The van der Waals surface area contributed by atoms with Crippen molar-refractivity contribution >= 4 is 0 Å². The van der Waals surface area contributed by atoms with Crippen LogP contribution in [0.1, 0.15) is 32.3 Å². The van der Waals surface area contributed by atoms with Gasteiger partial charge in [0.05, 0.1) is 0 Å². The Bertz CT molecular complexity index is 386. The third-order valence-corrected chi connectivity index (χ3v) is 4.63. The Kier molecular flexibility index (Phi) is 4.64. The fraction of sp³-hybridized carbons (Fsp3) is 0.647. The van der Waals surface area contributed by atoms with E-state index in [9.17, 15) is 0 Å². The third kappa shape index (κ3) is 3.58. The van der Waals surface area contributed by atoms with E-state index >= 15 is 0 Å². The molecular formula is C17H28N2. The topological polar surface area (TPSA) is 15.3 Å². The number of hydrogen-bond acceptors (Lipinski definition) is 2. The molecule has 0 radical (unpaired) electrons. The zero-order valence-corrected chi connectivity index (χ0v) is 12.8. The molecule has 1 fully saturated rings. The van der Waals surface area contributed by atoms with Gasteiger partial charge in [0.15, 0.2) is 0 Å². The molecule has 0 aliphatic heterocycles.